The normalized spacial score (nSPS) is 22.0. The van der Waals surface area contributed by atoms with Crippen LogP contribution in [0.5, 0.6) is 0 Å². The lowest BCUT2D eigenvalue weighted by Crippen LogP contribution is -2.70. The molecule has 2 fully saturated rings. The predicted octanol–water partition coefficient (Wildman–Crippen LogP) is 1.26. The Hall–Kier alpha value is -1.36. The third-order valence-electron chi connectivity index (χ3n) is 4.83. The van der Waals surface area contributed by atoms with E-state index in [4.69, 9.17) is 0 Å². The summed E-state index contributed by atoms with van der Waals surface area (Å²) < 4.78 is 0. The van der Waals surface area contributed by atoms with Crippen LogP contribution in [0.4, 0.5) is 0 Å². The van der Waals surface area contributed by atoms with Crippen molar-refractivity contribution in [1.82, 2.24) is 15.1 Å². The lowest BCUT2D eigenvalue weighted by atomic mass is 9.60. The Balaban J connectivity index is 1.86. The number of likely N-dealkylation sites (tertiary alicyclic amines) is 1. The van der Waals surface area contributed by atoms with Gasteiger partial charge in [-0.3, -0.25) is 14.5 Å². The molecule has 1 aliphatic heterocycles. The highest BCUT2D eigenvalue weighted by Gasteiger charge is 2.55. The van der Waals surface area contributed by atoms with Gasteiger partial charge in [0.25, 0.3) is 0 Å². The van der Waals surface area contributed by atoms with Crippen LogP contribution in [0.25, 0.3) is 0 Å². The number of nitrogens with one attached hydrogen (secondary N) is 1. The van der Waals surface area contributed by atoms with Crippen LogP contribution in [0.3, 0.4) is 0 Å². The van der Waals surface area contributed by atoms with E-state index in [2.05, 4.69) is 32.7 Å². The molecule has 1 spiro atoms. The van der Waals surface area contributed by atoms with Crippen molar-refractivity contribution in [2.45, 2.75) is 45.7 Å². The van der Waals surface area contributed by atoms with Gasteiger partial charge in [0.15, 0.2) is 0 Å². The van der Waals surface area contributed by atoms with Crippen molar-refractivity contribution >= 4 is 11.8 Å². The third kappa shape index (κ3) is 3.19. The van der Waals surface area contributed by atoms with E-state index >= 15 is 0 Å². The van der Waals surface area contributed by atoms with E-state index in [1.165, 1.54) is 6.08 Å². The number of likely N-dealkylation sites (N-methyl/N-ethyl adjacent to an activating group) is 1. The Morgan fingerprint density at radius 2 is 1.86 bits per heavy atom. The molecule has 1 atom stereocenters. The first-order valence-corrected chi connectivity index (χ1v) is 7.96. The molecule has 1 saturated carbocycles. The number of carbonyl (C=O) groups excluding carboxylic acids is 2. The maximum Gasteiger partial charge on any atom is 0.243 e. The molecule has 1 N–H and O–H groups in total. The summed E-state index contributed by atoms with van der Waals surface area (Å²) in [5.41, 5.74) is 0.160. The van der Waals surface area contributed by atoms with E-state index in [0.29, 0.717) is 0 Å². The molecule has 0 bridgehead atoms. The van der Waals surface area contributed by atoms with Crippen LogP contribution in [0.2, 0.25) is 0 Å². The molecular weight excluding hydrogens is 278 g/mol. The van der Waals surface area contributed by atoms with Gasteiger partial charge in [-0.05, 0) is 38.4 Å². The fourth-order valence-corrected chi connectivity index (χ4v) is 4.06. The standard InChI is InChI=1S/C17H29N3O2/c1-7-13(21)18-12-8-17(9-12)10-20(11-17)15(22)14(19(5)6)16(2,3)4/h7,12,14H,1,8-11H2,2-6H3,(H,18,21)/t14-/m1/s1. The largest absolute Gasteiger partial charge is 0.350 e. The summed E-state index contributed by atoms with van der Waals surface area (Å²) in [6.07, 6.45) is 3.25. The van der Waals surface area contributed by atoms with Crippen LogP contribution in [0.15, 0.2) is 12.7 Å². The van der Waals surface area contributed by atoms with Crippen molar-refractivity contribution in [2.75, 3.05) is 27.2 Å². The van der Waals surface area contributed by atoms with Crippen LogP contribution in [0.1, 0.15) is 33.6 Å². The minimum atomic E-state index is -0.104. The molecule has 0 aromatic heterocycles. The van der Waals surface area contributed by atoms with Gasteiger partial charge >= 0.3 is 0 Å². The maximum absolute atomic E-state index is 12.7. The topological polar surface area (TPSA) is 52.7 Å². The van der Waals surface area contributed by atoms with Crippen molar-refractivity contribution in [3.8, 4) is 0 Å². The molecule has 2 amide bonds. The molecule has 0 radical (unpaired) electrons. The first kappa shape index (κ1) is 17.0. The van der Waals surface area contributed by atoms with Gasteiger partial charge in [-0.25, -0.2) is 0 Å². The minimum absolute atomic E-state index is 0.0799. The molecule has 2 rings (SSSR count). The molecule has 22 heavy (non-hydrogen) atoms. The van der Waals surface area contributed by atoms with E-state index in [0.717, 1.165) is 25.9 Å². The summed E-state index contributed by atoms with van der Waals surface area (Å²) in [6.45, 7) is 11.4. The lowest BCUT2D eigenvalue weighted by Gasteiger charge is -2.60. The van der Waals surface area contributed by atoms with E-state index in [1.54, 1.807) is 0 Å². The van der Waals surface area contributed by atoms with Gasteiger partial charge in [0.2, 0.25) is 11.8 Å². The van der Waals surface area contributed by atoms with Gasteiger partial charge in [0, 0.05) is 24.5 Å². The second-order valence-corrected chi connectivity index (χ2v) is 8.24. The minimum Gasteiger partial charge on any atom is -0.350 e. The summed E-state index contributed by atoms with van der Waals surface area (Å²) in [5.74, 6) is 0.120. The molecule has 1 saturated heterocycles. The van der Waals surface area contributed by atoms with Crippen LogP contribution < -0.4 is 5.32 Å². The zero-order valence-corrected chi connectivity index (χ0v) is 14.5. The zero-order chi connectivity index (χ0) is 16.7. The van der Waals surface area contributed by atoms with Gasteiger partial charge in [-0.1, -0.05) is 27.4 Å². The van der Waals surface area contributed by atoms with E-state index in [1.807, 2.05) is 23.9 Å². The molecule has 0 aromatic carbocycles. The van der Waals surface area contributed by atoms with Gasteiger partial charge in [0.1, 0.15) is 0 Å². The van der Waals surface area contributed by atoms with Crippen LogP contribution >= 0.6 is 0 Å². The first-order chi connectivity index (χ1) is 10.1. The molecular formula is C17H29N3O2. The molecule has 0 unspecified atom stereocenters. The number of hydrogen-bond donors (Lipinski definition) is 1. The van der Waals surface area contributed by atoms with Crippen molar-refractivity contribution < 1.29 is 9.59 Å². The number of rotatable bonds is 4. The Labute approximate surface area is 133 Å². The van der Waals surface area contributed by atoms with Crippen LogP contribution in [-0.2, 0) is 9.59 Å². The summed E-state index contributed by atoms with van der Waals surface area (Å²) in [7, 11) is 3.93. The average molecular weight is 307 g/mol. The molecule has 5 heteroatoms. The predicted molar refractivity (Wildman–Crippen MR) is 87.3 cm³/mol. The zero-order valence-electron chi connectivity index (χ0n) is 14.5. The lowest BCUT2D eigenvalue weighted by molar-refractivity contribution is -0.161. The van der Waals surface area contributed by atoms with Crippen LogP contribution in [0, 0.1) is 10.8 Å². The summed E-state index contributed by atoms with van der Waals surface area (Å²) in [6, 6.07) is 0.149. The highest BCUT2D eigenvalue weighted by molar-refractivity contribution is 5.87. The highest BCUT2D eigenvalue weighted by Crippen LogP contribution is 2.49. The van der Waals surface area contributed by atoms with E-state index in [-0.39, 0.29) is 34.7 Å². The summed E-state index contributed by atoms with van der Waals surface area (Å²) in [4.78, 5) is 28.0. The number of hydrogen-bond acceptors (Lipinski definition) is 3. The van der Waals surface area contributed by atoms with E-state index in [9.17, 15) is 9.59 Å². The second kappa shape index (κ2) is 5.69. The smallest absolute Gasteiger partial charge is 0.243 e. The Bertz CT molecular complexity index is 465. The average Bonchev–Trinajstić information content (AvgIpc) is 2.27. The molecule has 0 aromatic rings. The quantitative estimate of drug-likeness (QED) is 0.796. The fraction of sp³-hybridized carbons (Fsp3) is 0.765. The third-order valence-corrected chi connectivity index (χ3v) is 4.83. The number of nitrogens with zero attached hydrogens (tertiary/aromatic N) is 2. The molecule has 1 heterocycles. The van der Waals surface area contributed by atoms with Gasteiger partial charge in [0.05, 0.1) is 6.04 Å². The highest BCUT2D eigenvalue weighted by atomic mass is 16.2. The number of amides is 2. The van der Waals surface area contributed by atoms with Crippen LogP contribution in [-0.4, -0.2) is 60.9 Å². The van der Waals surface area contributed by atoms with Gasteiger partial charge < -0.3 is 10.2 Å². The van der Waals surface area contributed by atoms with Crippen molar-refractivity contribution in [1.29, 1.82) is 0 Å². The Morgan fingerprint density at radius 3 is 2.27 bits per heavy atom. The Morgan fingerprint density at radius 1 is 1.32 bits per heavy atom. The summed E-state index contributed by atoms with van der Waals surface area (Å²) >= 11 is 0. The Kier molecular flexibility index (Phi) is 4.39. The number of carbonyl (C=O) groups is 2. The molecule has 2 aliphatic rings. The molecule has 124 valence electrons. The van der Waals surface area contributed by atoms with Crippen molar-refractivity contribution in [2.24, 2.45) is 10.8 Å². The maximum atomic E-state index is 12.7. The molecule has 5 nitrogen and oxygen atoms in total. The van der Waals surface area contributed by atoms with Crippen molar-refractivity contribution in [3.05, 3.63) is 12.7 Å². The second-order valence-electron chi connectivity index (χ2n) is 8.24. The van der Waals surface area contributed by atoms with E-state index < -0.39 is 0 Å². The SMILES string of the molecule is C=CC(=O)NC1CC2(C1)CN(C(=O)[C@@H](N(C)C)C(C)(C)C)C2. The fourth-order valence-electron chi connectivity index (χ4n) is 4.06. The van der Waals surface area contributed by atoms with Gasteiger partial charge in [-0.15, -0.1) is 0 Å². The first-order valence-electron chi connectivity index (χ1n) is 7.96. The van der Waals surface area contributed by atoms with Crippen molar-refractivity contribution in [3.63, 3.8) is 0 Å². The monoisotopic (exact) mass is 307 g/mol. The summed E-state index contributed by atoms with van der Waals surface area (Å²) in [5, 5.41) is 2.93. The molecule has 1 aliphatic carbocycles. The van der Waals surface area contributed by atoms with Gasteiger partial charge in [-0.2, -0.15) is 0 Å².